The maximum atomic E-state index is 13.6. The molecule has 0 aliphatic carbocycles. The fourth-order valence-electron chi connectivity index (χ4n) is 1.88. The van der Waals surface area contributed by atoms with E-state index in [4.69, 9.17) is 4.52 Å². The lowest BCUT2D eigenvalue weighted by Gasteiger charge is -2.07. The molecule has 0 radical (unpaired) electrons. The van der Waals surface area contributed by atoms with Crippen LogP contribution in [0.15, 0.2) is 35.1 Å². The van der Waals surface area contributed by atoms with Crippen LogP contribution in [0.5, 0.6) is 0 Å². The van der Waals surface area contributed by atoms with Gasteiger partial charge in [-0.1, -0.05) is 5.16 Å². The van der Waals surface area contributed by atoms with Crippen LogP contribution < -0.4 is 10.6 Å². The number of anilines is 3. The summed E-state index contributed by atoms with van der Waals surface area (Å²) in [6.07, 6.45) is 2.38. The standard InChI is InChI=1S/C15H10F3N5O2/c1-7-4-11(23-25-7)22-12-6-19-10(5-20-12)15(24)21-9-3-2-8(16)13(17)14(9)18/h2-6H,1H3,(H,21,24)(H,20,22,23). The summed E-state index contributed by atoms with van der Waals surface area (Å²) in [7, 11) is 0. The Morgan fingerprint density at radius 2 is 1.88 bits per heavy atom. The molecule has 0 atom stereocenters. The largest absolute Gasteiger partial charge is 0.360 e. The first-order valence-corrected chi connectivity index (χ1v) is 6.91. The van der Waals surface area contributed by atoms with Crippen LogP contribution >= 0.6 is 0 Å². The maximum Gasteiger partial charge on any atom is 0.275 e. The molecule has 2 N–H and O–H groups in total. The molecule has 2 heterocycles. The minimum atomic E-state index is -1.67. The summed E-state index contributed by atoms with van der Waals surface area (Å²) in [4.78, 5) is 19.8. The fraction of sp³-hybridized carbons (Fsp3) is 0.0667. The Balaban J connectivity index is 1.71. The van der Waals surface area contributed by atoms with Gasteiger partial charge in [0.05, 0.1) is 18.1 Å². The molecule has 128 valence electrons. The van der Waals surface area contributed by atoms with Gasteiger partial charge in [-0.3, -0.25) is 4.79 Å². The first-order chi connectivity index (χ1) is 11.9. The maximum absolute atomic E-state index is 13.6. The van der Waals surface area contributed by atoms with E-state index in [2.05, 4.69) is 25.8 Å². The SMILES string of the molecule is Cc1cc(Nc2cnc(C(=O)Nc3ccc(F)c(F)c3F)cn2)no1. The Hall–Kier alpha value is -3.43. The molecule has 0 fully saturated rings. The Bertz CT molecular complexity index is 927. The van der Waals surface area contributed by atoms with Crippen molar-refractivity contribution in [2.75, 3.05) is 10.6 Å². The number of nitrogens with one attached hydrogen (secondary N) is 2. The molecule has 2 aromatic heterocycles. The predicted octanol–water partition coefficient (Wildman–Crippen LogP) is 3.19. The van der Waals surface area contributed by atoms with Gasteiger partial charge in [0.2, 0.25) is 0 Å². The molecular formula is C15H10F3N5O2. The molecule has 0 spiro atoms. The van der Waals surface area contributed by atoms with Crippen molar-refractivity contribution in [1.29, 1.82) is 0 Å². The van der Waals surface area contributed by atoms with Crippen LogP contribution in [0.4, 0.5) is 30.5 Å². The van der Waals surface area contributed by atoms with Gasteiger partial charge < -0.3 is 15.2 Å². The predicted molar refractivity (Wildman–Crippen MR) is 80.8 cm³/mol. The Morgan fingerprint density at radius 3 is 2.52 bits per heavy atom. The van der Waals surface area contributed by atoms with Gasteiger partial charge >= 0.3 is 0 Å². The van der Waals surface area contributed by atoms with Gasteiger partial charge in [0.1, 0.15) is 17.3 Å². The van der Waals surface area contributed by atoms with Crippen molar-refractivity contribution in [2.45, 2.75) is 6.92 Å². The number of amides is 1. The van der Waals surface area contributed by atoms with Crippen LogP contribution in [0.1, 0.15) is 16.2 Å². The van der Waals surface area contributed by atoms with Crippen LogP contribution in [0, 0.1) is 24.4 Å². The zero-order valence-electron chi connectivity index (χ0n) is 12.7. The molecule has 0 saturated heterocycles. The van der Waals surface area contributed by atoms with Crippen LogP contribution in [0.25, 0.3) is 0 Å². The number of carbonyl (C=O) groups excluding carboxylic acids is 1. The number of rotatable bonds is 4. The molecule has 0 aliphatic heterocycles. The van der Waals surface area contributed by atoms with Gasteiger partial charge in [0, 0.05) is 6.07 Å². The topological polar surface area (TPSA) is 92.9 Å². The van der Waals surface area contributed by atoms with E-state index in [-0.39, 0.29) is 5.69 Å². The molecule has 25 heavy (non-hydrogen) atoms. The second-order valence-corrected chi connectivity index (χ2v) is 4.91. The zero-order valence-corrected chi connectivity index (χ0v) is 12.7. The molecule has 0 saturated carbocycles. The van der Waals surface area contributed by atoms with Crippen molar-refractivity contribution in [3.05, 3.63) is 59.5 Å². The van der Waals surface area contributed by atoms with Gasteiger partial charge in [-0.15, -0.1) is 0 Å². The summed E-state index contributed by atoms with van der Waals surface area (Å²) in [5, 5.41) is 8.61. The van der Waals surface area contributed by atoms with E-state index in [1.807, 2.05) is 0 Å². The highest BCUT2D eigenvalue weighted by Crippen LogP contribution is 2.20. The average Bonchev–Trinajstić information content (AvgIpc) is 3.01. The summed E-state index contributed by atoms with van der Waals surface area (Å²) in [6.45, 7) is 1.72. The van der Waals surface area contributed by atoms with E-state index in [1.54, 1.807) is 13.0 Å². The van der Waals surface area contributed by atoms with E-state index in [9.17, 15) is 18.0 Å². The van der Waals surface area contributed by atoms with Crippen molar-refractivity contribution in [2.24, 2.45) is 0 Å². The fourth-order valence-corrected chi connectivity index (χ4v) is 1.88. The molecular weight excluding hydrogens is 339 g/mol. The lowest BCUT2D eigenvalue weighted by molar-refractivity contribution is 0.102. The number of hydrogen-bond donors (Lipinski definition) is 2. The molecule has 0 bridgehead atoms. The van der Waals surface area contributed by atoms with Crippen LogP contribution in [0.2, 0.25) is 0 Å². The number of carbonyl (C=O) groups is 1. The monoisotopic (exact) mass is 349 g/mol. The number of hydrogen-bond acceptors (Lipinski definition) is 6. The minimum Gasteiger partial charge on any atom is -0.360 e. The number of halogens is 3. The smallest absolute Gasteiger partial charge is 0.275 e. The van der Waals surface area contributed by atoms with Gasteiger partial charge in [0.25, 0.3) is 5.91 Å². The Kier molecular flexibility index (Phi) is 4.33. The number of aromatic nitrogens is 3. The molecule has 0 aliphatic rings. The van der Waals surface area contributed by atoms with Crippen molar-refractivity contribution in [3.8, 4) is 0 Å². The quantitative estimate of drug-likeness (QED) is 0.703. The average molecular weight is 349 g/mol. The highest BCUT2D eigenvalue weighted by Gasteiger charge is 2.17. The highest BCUT2D eigenvalue weighted by molar-refractivity contribution is 6.02. The lowest BCUT2D eigenvalue weighted by atomic mass is 10.2. The molecule has 1 aromatic carbocycles. The summed E-state index contributed by atoms with van der Waals surface area (Å²) >= 11 is 0. The summed E-state index contributed by atoms with van der Waals surface area (Å²) in [5.41, 5.74) is -0.656. The van der Waals surface area contributed by atoms with E-state index >= 15 is 0 Å². The molecule has 10 heteroatoms. The van der Waals surface area contributed by atoms with Gasteiger partial charge in [-0.2, -0.15) is 0 Å². The molecule has 3 aromatic rings. The third-order valence-electron chi connectivity index (χ3n) is 3.05. The third-order valence-corrected chi connectivity index (χ3v) is 3.05. The lowest BCUT2D eigenvalue weighted by Crippen LogP contribution is -2.16. The van der Waals surface area contributed by atoms with Gasteiger partial charge in [-0.25, -0.2) is 23.1 Å². The van der Waals surface area contributed by atoms with Gasteiger partial charge in [0.15, 0.2) is 23.3 Å². The summed E-state index contributed by atoms with van der Waals surface area (Å²) in [5.74, 6) is -4.06. The minimum absolute atomic E-state index is 0.147. The first kappa shape index (κ1) is 16.4. The van der Waals surface area contributed by atoms with Crippen LogP contribution in [0.3, 0.4) is 0 Å². The Labute approximate surface area is 138 Å². The highest BCUT2D eigenvalue weighted by atomic mass is 19.2. The van der Waals surface area contributed by atoms with E-state index in [0.29, 0.717) is 23.5 Å². The number of aryl methyl sites for hydroxylation is 1. The molecule has 7 nitrogen and oxygen atoms in total. The van der Waals surface area contributed by atoms with Crippen LogP contribution in [-0.4, -0.2) is 21.0 Å². The number of nitrogens with zero attached hydrogens (tertiary/aromatic N) is 3. The van der Waals surface area contributed by atoms with Crippen molar-refractivity contribution >= 4 is 23.2 Å². The van der Waals surface area contributed by atoms with E-state index < -0.39 is 29.0 Å². The first-order valence-electron chi connectivity index (χ1n) is 6.91. The molecule has 3 rings (SSSR count). The van der Waals surface area contributed by atoms with E-state index in [0.717, 1.165) is 12.3 Å². The number of benzene rings is 1. The van der Waals surface area contributed by atoms with E-state index in [1.165, 1.54) is 6.20 Å². The third kappa shape index (κ3) is 3.57. The van der Waals surface area contributed by atoms with Crippen molar-refractivity contribution < 1.29 is 22.5 Å². The van der Waals surface area contributed by atoms with Gasteiger partial charge in [-0.05, 0) is 19.1 Å². The molecule has 1 amide bonds. The van der Waals surface area contributed by atoms with Crippen molar-refractivity contribution in [1.82, 2.24) is 15.1 Å². The second kappa shape index (κ2) is 6.59. The van der Waals surface area contributed by atoms with Crippen molar-refractivity contribution in [3.63, 3.8) is 0 Å². The zero-order chi connectivity index (χ0) is 18.0. The summed E-state index contributed by atoms with van der Waals surface area (Å²) in [6, 6.07) is 3.24. The normalized spacial score (nSPS) is 10.6. The summed E-state index contributed by atoms with van der Waals surface area (Å²) < 4.78 is 44.5. The second-order valence-electron chi connectivity index (χ2n) is 4.91. The Morgan fingerprint density at radius 1 is 1.08 bits per heavy atom. The van der Waals surface area contributed by atoms with Crippen LogP contribution in [-0.2, 0) is 0 Å². The molecule has 0 unspecified atom stereocenters.